The first-order valence-corrected chi connectivity index (χ1v) is 8.92. The van der Waals surface area contributed by atoms with Crippen molar-refractivity contribution in [1.82, 2.24) is 9.47 Å². The van der Waals surface area contributed by atoms with Crippen LogP contribution in [0.2, 0.25) is 0 Å². The first-order valence-electron chi connectivity index (χ1n) is 8.92. The summed E-state index contributed by atoms with van der Waals surface area (Å²) in [5, 5.41) is 1.08. The molecule has 0 bridgehead atoms. The summed E-state index contributed by atoms with van der Waals surface area (Å²) in [6.07, 6.45) is 8.50. The molecule has 23 heavy (non-hydrogen) atoms. The van der Waals surface area contributed by atoms with Crippen LogP contribution in [0.1, 0.15) is 49.4 Å². The van der Waals surface area contributed by atoms with E-state index in [9.17, 15) is 4.79 Å². The molecular weight excluding hydrogens is 284 g/mol. The number of hydrogen-bond acceptors (Lipinski definition) is 1. The maximum absolute atomic E-state index is 13.2. The van der Waals surface area contributed by atoms with Gasteiger partial charge in [0.05, 0.1) is 5.56 Å². The number of rotatable bonds is 1. The standard InChI is InChI=1S/C20H26N2O/c1-20-11-6-5-7-15(20)10-12-22(14-20)19(23)17-13-21(2)18-9-4-3-8-16(17)18/h3-4,8-9,13,15H,5-7,10-12,14H2,1-2H3/t15-,20+/m0/s1. The number of amides is 1. The average molecular weight is 310 g/mol. The van der Waals surface area contributed by atoms with Crippen LogP contribution in [0.25, 0.3) is 10.9 Å². The summed E-state index contributed by atoms with van der Waals surface area (Å²) in [6, 6.07) is 8.21. The highest BCUT2D eigenvalue weighted by molar-refractivity contribution is 6.07. The van der Waals surface area contributed by atoms with Crippen molar-refractivity contribution < 1.29 is 4.79 Å². The normalized spacial score (nSPS) is 27.9. The van der Waals surface area contributed by atoms with Crippen LogP contribution in [0.4, 0.5) is 0 Å². The predicted molar refractivity (Wildman–Crippen MR) is 93.5 cm³/mol. The molecule has 0 spiro atoms. The molecule has 4 rings (SSSR count). The van der Waals surface area contributed by atoms with E-state index < -0.39 is 0 Å². The molecule has 1 aromatic heterocycles. The van der Waals surface area contributed by atoms with E-state index in [1.165, 1.54) is 32.1 Å². The van der Waals surface area contributed by atoms with Crippen LogP contribution in [0.15, 0.2) is 30.5 Å². The zero-order chi connectivity index (χ0) is 16.0. The molecule has 2 aromatic rings. The third-order valence-corrected chi connectivity index (χ3v) is 6.25. The second-order valence-electron chi connectivity index (χ2n) is 7.78. The lowest BCUT2D eigenvalue weighted by Crippen LogP contribution is -2.50. The number of aromatic nitrogens is 1. The molecule has 122 valence electrons. The molecule has 1 amide bonds. The van der Waals surface area contributed by atoms with Gasteiger partial charge in [-0.05, 0) is 36.7 Å². The molecule has 3 nitrogen and oxygen atoms in total. The number of nitrogens with zero attached hydrogens (tertiary/aromatic N) is 2. The van der Waals surface area contributed by atoms with E-state index in [2.05, 4.69) is 28.5 Å². The minimum atomic E-state index is 0.215. The largest absolute Gasteiger partial charge is 0.350 e. The summed E-state index contributed by atoms with van der Waals surface area (Å²) in [7, 11) is 2.02. The molecule has 2 fully saturated rings. The van der Waals surface area contributed by atoms with Crippen molar-refractivity contribution in [3.05, 3.63) is 36.0 Å². The van der Waals surface area contributed by atoms with Crippen LogP contribution in [-0.4, -0.2) is 28.5 Å². The highest BCUT2D eigenvalue weighted by Gasteiger charge is 2.42. The van der Waals surface area contributed by atoms with Crippen LogP contribution in [0, 0.1) is 11.3 Å². The van der Waals surface area contributed by atoms with Gasteiger partial charge in [-0.2, -0.15) is 0 Å². The molecule has 3 heteroatoms. The van der Waals surface area contributed by atoms with Crippen molar-refractivity contribution in [1.29, 1.82) is 0 Å². The number of aryl methyl sites for hydroxylation is 1. The van der Waals surface area contributed by atoms with Gasteiger partial charge in [-0.1, -0.05) is 38.0 Å². The number of piperidine rings is 1. The van der Waals surface area contributed by atoms with Crippen molar-refractivity contribution in [3.63, 3.8) is 0 Å². The molecular formula is C20H26N2O. The van der Waals surface area contributed by atoms with Gasteiger partial charge in [0.15, 0.2) is 0 Å². The average Bonchev–Trinajstić information content (AvgIpc) is 2.90. The van der Waals surface area contributed by atoms with Gasteiger partial charge in [-0.15, -0.1) is 0 Å². The van der Waals surface area contributed by atoms with E-state index >= 15 is 0 Å². The zero-order valence-corrected chi connectivity index (χ0v) is 14.2. The monoisotopic (exact) mass is 310 g/mol. The lowest BCUT2D eigenvalue weighted by Gasteiger charge is -2.49. The highest BCUT2D eigenvalue weighted by atomic mass is 16.2. The van der Waals surface area contributed by atoms with Crippen LogP contribution in [0.5, 0.6) is 0 Å². The van der Waals surface area contributed by atoms with Crippen LogP contribution >= 0.6 is 0 Å². The summed E-state index contributed by atoms with van der Waals surface area (Å²) < 4.78 is 2.07. The van der Waals surface area contributed by atoms with Gasteiger partial charge in [0.2, 0.25) is 0 Å². The molecule has 2 heterocycles. The maximum atomic E-state index is 13.2. The van der Waals surface area contributed by atoms with E-state index in [1.54, 1.807) is 0 Å². The second kappa shape index (κ2) is 5.40. The van der Waals surface area contributed by atoms with Crippen molar-refractivity contribution in [2.24, 2.45) is 18.4 Å². The number of hydrogen-bond donors (Lipinski definition) is 0. The Balaban J connectivity index is 1.64. The molecule has 0 unspecified atom stereocenters. The first-order chi connectivity index (χ1) is 11.1. The summed E-state index contributed by atoms with van der Waals surface area (Å²) in [4.78, 5) is 15.3. The van der Waals surface area contributed by atoms with E-state index in [0.717, 1.165) is 35.5 Å². The highest BCUT2D eigenvalue weighted by Crippen LogP contribution is 2.46. The Kier molecular flexibility index (Phi) is 3.47. The van der Waals surface area contributed by atoms with Gasteiger partial charge in [-0.25, -0.2) is 0 Å². The fourth-order valence-corrected chi connectivity index (χ4v) is 4.86. The lowest BCUT2D eigenvalue weighted by molar-refractivity contribution is 0.00991. The van der Waals surface area contributed by atoms with Crippen LogP contribution in [0.3, 0.4) is 0 Å². The number of carbonyl (C=O) groups excluding carboxylic acids is 1. The molecule has 1 saturated heterocycles. The topological polar surface area (TPSA) is 25.2 Å². The molecule has 0 N–H and O–H groups in total. The predicted octanol–water partition coefficient (Wildman–Crippen LogP) is 4.22. The van der Waals surface area contributed by atoms with E-state index in [1.807, 2.05) is 25.4 Å². The maximum Gasteiger partial charge on any atom is 0.256 e. The van der Waals surface area contributed by atoms with Gasteiger partial charge in [0.1, 0.15) is 0 Å². The van der Waals surface area contributed by atoms with E-state index in [0.29, 0.717) is 5.41 Å². The third kappa shape index (κ3) is 2.37. The van der Waals surface area contributed by atoms with Gasteiger partial charge in [0.25, 0.3) is 5.91 Å². The lowest BCUT2D eigenvalue weighted by atomic mass is 9.64. The van der Waals surface area contributed by atoms with Crippen LogP contribution in [-0.2, 0) is 7.05 Å². The molecule has 1 aromatic carbocycles. The van der Waals surface area contributed by atoms with Gasteiger partial charge in [0, 0.05) is 37.2 Å². The van der Waals surface area contributed by atoms with E-state index in [4.69, 9.17) is 0 Å². The summed E-state index contributed by atoms with van der Waals surface area (Å²) in [5.74, 6) is 1.03. The first kappa shape index (κ1) is 14.8. The summed E-state index contributed by atoms with van der Waals surface area (Å²) in [5.41, 5.74) is 2.33. The van der Waals surface area contributed by atoms with Crippen molar-refractivity contribution in [2.75, 3.05) is 13.1 Å². The van der Waals surface area contributed by atoms with Gasteiger partial charge < -0.3 is 9.47 Å². The molecule has 1 aliphatic carbocycles. The number of likely N-dealkylation sites (tertiary alicyclic amines) is 1. The molecule has 0 radical (unpaired) electrons. The molecule has 2 aliphatic rings. The quantitative estimate of drug-likeness (QED) is 0.774. The van der Waals surface area contributed by atoms with Gasteiger partial charge >= 0.3 is 0 Å². The number of para-hydroxylation sites is 1. The fourth-order valence-electron chi connectivity index (χ4n) is 4.86. The Labute approximate surface area is 138 Å². The Morgan fingerprint density at radius 2 is 2.04 bits per heavy atom. The fraction of sp³-hybridized carbons (Fsp3) is 0.550. The Hall–Kier alpha value is -1.77. The van der Waals surface area contributed by atoms with Gasteiger partial charge in [-0.3, -0.25) is 4.79 Å². The Morgan fingerprint density at radius 3 is 2.91 bits per heavy atom. The number of benzene rings is 1. The molecule has 1 aliphatic heterocycles. The molecule has 2 atom stereocenters. The minimum Gasteiger partial charge on any atom is -0.350 e. The number of fused-ring (bicyclic) bond motifs is 2. The summed E-state index contributed by atoms with van der Waals surface area (Å²) in [6.45, 7) is 4.25. The summed E-state index contributed by atoms with van der Waals surface area (Å²) >= 11 is 0. The number of carbonyl (C=O) groups is 1. The SMILES string of the molecule is Cn1cc(C(=O)N2CC[C@@H]3CCCC[C@]3(C)C2)c2ccccc21. The Bertz CT molecular complexity index is 747. The Morgan fingerprint density at radius 1 is 1.22 bits per heavy atom. The smallest absolute Gasteiger partial charge is 0.256 e. The second-order valence-corrected chi connectivity index (χ2v) is 7.78. The molecule has 1 saturated carbocycles. The van der Waals surface area contributed by atoms with Crippen LogP contribution < -0.4 is 0 Å². The third-order valence-electron chi connectivity index (χ3n) is 6.25. The van der Waals surface area contributed by atoms with E-state index in [-0.39, 0.29) is 5.91 Å². The zero-order valence-electron chi connectivity index (χ0n) is 14.2. The van der Waals surface area contributed by atoms with Crippen molar-refractivity contribution >= 4 is 16.8 Å². The van der Waals surface area contributed by atoms with Crippen molar-refractivity contribution in [3.8, 4) is 0 Å². The van der Waals surface area contributed by atoms with Crippen molar-refractivity contribution in [2.45, 2.75) is 39.0 Å². The minimum absolute atomic E-state index is 0.215.